The van der Waals surface area contributed by atoms with Gasteiger partial charge in [0.05, 0.1) is 12.5 Å². The lowest BCUT2D eigenvalue weighted by Gasteiger charge is -2.33. The van der Waals surface area contributed by atoms with Gasteiger partial charge in [-0.25, -0.2) is 0 Å². The number of carbonyl (C=O) groups is 3. The van der Waals surface area contributed by atoms with E-state index in [1.54, 1.807) is 13.8 Å². The summed E-state index contributed by atoms with van der Waals surface area (Å²) in [5.41, 5.74) is 4.58. The molecular formula is C16H29N3O4. The zero-order valence-electron chi connectivity index (χ0n) is 14.7. The van der Waals surface area contributed by atoms with E-state index in [0.717, 1.165) is 12.8 Å². The highest BCUT2D eigenvalue weighted by Crippen LogP contribution is 2.57. The van der Waals surface area contributed by atoms with E-state index >= 15 is 0 Å². The van der Waals surface area contributed by atoms with Crippen LogP contribution in [0.1, 0.15) is 53.9 Å². The van der Waals surface area contributed by atoms with Crippen LogP contribution in [0, 0.1) is 10.8 Å². The van der Waals surface area contributed by atoms with Gasteiger partial charge in [-0.2, -0.15) is 0 Å². The highest BCUT2D eigenvalue weighted by Gasteiger charge is 2.52. The lowest BCUT2D eigenvalue weighted by molar-refractivity contribution is -0.140. The lowest BCUT2D eigenvalue weighted by atomic mass is 9.77. The summed E-state index contributed by atoms with van der Waals surface area (Å²) in [5.74, 6) is -2.11. The molecule has 132 valence electrons. The Labute approximate surface area is 137 Å². The summed E-state index contributed by atoms with van der Waals surface area (Å²) in [6.45, 7) is 10.2. The average Bonchev–Trinajstić information content (AvgIpc) is 3.14. The smallest absolute Gasteiger partial charge is 0.305 e. The van der Waals surface area contributed by atoms with Crippen LogP contribution in [-0.2, 0) is 14.4 Å². The third-order valence-corrected chi connectivity index (χ3v) is 4.77. The van der Waals surface area contributed by atoms with Crippen LogP contribution < -0.4 is 16.4 Å². The van der Waals surface area contributed by atoms with Crippen molar-refractivity contribution in [1.29, 1.82) is 0 Å². The summed E-state index contributed by atoms with van der Waals surface area (Å²) in [5, 5.41) is 14.1. The number of amides is 2. The Morgan fingerprint density at radius 1 is 1.17 bits per heavy atom. The van der Waals surface area contributed by atoms with Crippen LogP contribution in [-0.4, -0.2) is 41.0 Å². The number of aliphatic carboxylic acids is 1. The van der Waals surface area contributed by atoms with Gasteiger partial charge in [-0.15, -0.1) is 0 Å². The molecule has 2 amide bonds. The molecule has 0 saturated heterocycles. The molecule has 0 unspecified atom stereocenters. The quantitative estimate of drug-likeness (QED) is 0.546. The molecule has 1 saturated carbocycles. The summed E-state index contributed by atoms with van der Waals surface area (Å²) in [7, 11) is 0. The van der Waals surface area contributed by atoms with E-state index in [2.05, 4.69) is 31.4 Å². The van der Waals surface area contributed by atoms with E-state index in [1.807, 2.05) is 0 Å². The first-order valence-electron chi connectivity index (χ1n) is 7.88. The molecule has 0 aromatic rings. The maximum Gasteiger partial charge on any atom is 0.305 e. The predicted molar refractivity (Wildman–Crippen MR) is 86.6 cm³/mol. The summed E-state index contributed by atoms with van der Waals surface area (Å²) >= 11 is 0. The van der Waals surface area contributed by atoms with E-state index in [1.165, 1.54) is 0 Å². The molecule has 1 rings (SSSR count). The SMILES string of the molecule is CC(C)(NC(=O)[C@@H](N)CC(=O)O)C(=O)NCC1(C(C)(C)C)CC1. The molecule has 1 aliphatic rings. The molecule has 0 aromatic carbocycles. The van der Waals surface area contributed by atoms with Crippen LogP contribution in [0.15, 0.2) is 0 Å². The number of hydrogen-bond donors (Lipinski definition) is 4. The first-order valence-corrected chi connectivity index (χ1v) is 7.88. The lowest BCUT2D eigenvalue weighted by Crippen LogP contribution is -2.59. The zero-order valence-corrected chi connectivity index (χ0v) is 14.7. The third kappa shape index (κ3) is 4.92. The minimum absolute atomic E-state index is 0.109. The Kier molecular flexibility index (Phi) is 5.46. The van der Waals surface area contributed by atoms with Crippen molar-refractivity contribution in [2.24, 2.45) is 16.6 Å². The minimum Gasteiger partial charge on any atom is -0.481 e. The molecule has 7 nitrogen and oxygen atoms in total. The molecule has 1 aliphatic carbocycles. The normalized spacial score (nSPS) is 18.0. The van der Waals surface area contributed by atoms with Crippen LogP contribution in [0.2, 0.25) is 0 Å². The molecule has 0 aromatic heterocycles. The number of nitrogens with one attached hydrogen (secondary N) is 2. The number of rotatable bonds is 7. The zero-order chi connectivity index (χ0) is 18.1. The Hall–Kier alpha value is -1.63. The molecule has 1 atom stereocenters. The monoisotopic (exact) mass is 327 g/mol. The van der Waals surface area contributed by atoms with Gasteiger partial charge in [-0.05, 0) is 37.5 Å². The Balaban J connectivity index is 2.57. The molecule has 0 aliphatic heterocycles. The van der Waals surface area contributed by atoms with Crippen molar-refractivity contribution in [3.8, 4) is 0 Å². The van der Waals surface area contributed by atoms with Crippen molar-refractivity contribution in [1.82, 2.24) is 10.6 Å². The topological polar surface area (TPSA) is 122 Å². The van der Waals surface area contributed by atoms with E-state index < -0.39 is 29.9 Å². The molecule has 7 heteroatoms. The molecule has 1 fully saturated rings. The highest BCUT2D eigenvalue weighted by atomic mass is 16.4. The maximum absolute atomic E-state index is 12.4. The van der Waals surface area contributed by atoms with Crippen molar-refractivity contribution in [3.05, 3.63) is 0 Å². The van der Waals surface area contributed by atoms with Crippen LogP contribution in [0.5, 0.6) is 0 Å². The summed E-state index contributed by atoms with van der Waals surface area (Å²) in [6, 6.07) is -1.18. The number of carboxylic acid groups (broad SMARTS) is 1. The van der Waals surface area contributed by atoms with Crippen LogP contribution in [0.25, 0.3) is 0 Å². The molecule has 23 heavy (non-hydrogen) atoms. The van der Waals surface area contributed by atoms with Crippen LogP contribution in [0.4, 0.5) is 0 Å². The predicted octanol–water partition coefficient (Wildman–Crippen LogP) is 0.626. The number of carboxylic acids is 1. The van der Waals surface area contributed by atoms with E-state index in [0.29, 0.717) is 6.54 Å². The summed E-state index contributed by atoms with van der Waals surface area (Å²) < 4.78 is 0. The number of hydrogen-bond acceptors (Lipinski definition) is 4. The van der Waals surface area contributed by atoms with Crippen molar-refractivity contribution in [3.63, 3.8) is 0 Å². The number of nitrogens with two attached hydrogens (primary N) is 1. The third-order valence-electron chi connectivity index (χ3n) is 4.77. The Morgan fingerprint density at radius 3 is 2.09 bits per heavy atom. The fourth-order valence-electron chi connectivity index (χ4n) is 2.55. The van der Waals surface area contributed by atoms with Gasteiger partial charge in [0.25, 0.3) is 0 Å². The second-order valence-electron chi connectivity index (χ2n) is 8.03. The van der Waals surface area contributed by atoms with E-state index in [9.17, 15) is 14.4 Å². The van der Waals surface area contributed by atoms with Crippen LogP contribution >= 0.6 is 0 Å². The fourth-order valence-corrected chi connectivity index (χ4v) is 2.55. The minimum atomic E-state index is -1.18. The fraction of sp³-hybridized carbons (Fsp3) is 0.812. The highest BCUT2D eigenvalue weighted by molar-refractivity contribution is 5.93. The standard InChI is InChI=1S/C16H29N3O4/c1-14(2,3)16(6-7-16)9-18-13(23)15(4,5)19-12(22)10(17)8-11(20)21/h10H,6-9,17H2,1-5H3,(H,18,23)(H,19,22)(H,20,21)/t10-/m0/s1. The first-order chi connectivity index (χ1) is 10.3. The van der Waals surface area contributed by atoms with Gasteiger partial charge in [-0.3, -0.25) is 14.4 Å². The molecule has 0 heterocycles. The van der Waals surface area contributed by atoms with Crippen molar-refractivity contribution in [2.45, 2.75) is 65.5 Å². The summed E-state index contributed by atoms with van der Waals surface area (Å²) in [4.78, 5) is 34.8. The van der Waals surface area contributed by atoms with E-state index in [4.69, 9.17) is 10.8 Å². The van der Waals surface area contributed by atoms with Gasteiger partial charge >= 0.3 is 5.97 Å². The van der Waals surface area contributed by atoms with Gasteiger partial charge in [-0.1, -0.05) is 20.8 Å². The molecule has 5 N–H and O–H groups in total. The van der Waals surface area contributed by atoms with Crippen molar-refractivity contribution < 1.29 is 19.5 Å². The van der Waals surface area contributed by atoms with Crippen molar-refractivity contribution in [2.75, 3.05) is 6.54 Å². The van der Waals surface area contributed by atoms with Gasteiger partial charge < -0.3 is 21.5 Å². The van der Waals surface area contributed by atoms with Crippen molar-refractivity contribution >= 4 is 17.8 Å². The van der Waals surface area contributed by atoms with Crippen LogP contribution in [0.3, 0.4) is 0 Å². The van der Waals surface area contributed by atoms with Gasteiger partial charge in [0, 0.05) is 6.54 Å². The van der Waals surface area contributed by atoms with Gasteiger partial charge in [0.1, 0.15) is 5.54 Å². The maximum atomic E-state index is 12.4. The Bertz CT molecular complexity index is 490. The largest absolute Gasteiger partial charge is 0.481 e. The second kappa shape index (κ2) is 6.47. The van der Waals surface area contributed by atoms with E-state index in [-0.39, 0.29) is 16.7 Å². The number of carbonyl (C=O) groups excluding carboxylic acids is 2. The molecular weight excluding hydrogens is 298 g/mol. The molecule has 0 radical (unpaired) electrons. The average molecular weight is 327 g/mol. The first kappa shape index (κ1) is 19.4. The molecule has 0 bridgehead atoms. The molecule has 0 spiro atoms. The van der Waals surface area contributed by atoms with Gasteiger partial charge in [0.15, 0.2) is 0 Å². The summed E-state index contributed by atoms with van der Waals surface area (Å²) in [6.07, 6.45) is 1.68. The Morgan fingerprint density at radius 2 is 1.70 bits per heavy atom. The second-order valence-corrected chi connectivity index (χ2v) is 8.03. The van der Waals surface area contributed by atoms with Gasteiger partial charge in [0.2, 0.25) is 11.8 Å².